The topological polar surface area (TPSA) is 64.4 Å². The number of hydrogen-bond donors (Lipinski definition) is 0. The molecule has 1 aliphatic heterocycles. The van der Waals surface area contributed by atoms with E-state index in [2.05, 4.69) is 4.98 Å². The zero-order chi connectivity index (χ0) is 15.9. The molecule has 3 rings (SSSR count). The minimum atomic E-state index is -0.465. The average molecular weight is 299 g/mol. The molecule has 2 heterocycles. The quantitative estimate of drug-likeness (QED) is 0.795. The Bertz CT molecular complexity index is 764. The van der Waals surface area contributed by atoms with E-state index in [-0.39, 0.29) is 18.2 Å². The second kappa shape index (κ2) is 5.29. The Kier molecular flexibility index (Phi) is 3.44. The largest absolute Gasteiger partial charge is 0.461 e. The maximum atomic E-state index is 12.6. The zero-order valence-corrected chi connectivity index (χ0v) is 12.8. The summed E-state index contributed by atoms with van der Waals surface area (Å²) in [5.41, 5.74) is 3.20. The fourth-order valence-corrected chi connectivity index (χ4v) is 2.72. The number of rotatable bonds is 2. The highest BCUT2D eigenvalue weighted by molar-refractivity contribution is 6.00. The van der Waals surface area contributed by atoms with E-state index >= 15 is 0 Å². The molecule has 0 N–H and O–H groups in total. The van der Waals surface area contributed by atoms with Crippen LogP contribution in [0.25, 0.3) is 5.69 Å². The SMILES string of the molecule is CCOC(=O)c1ncn2c1CN(C)C(=O)c1c(C)cccc1-2. The van der Waals surface area contributed by atoms with Gasteiger partial charge in [-0.2, -0.15) is 0 Å². The molecule has 0 bridgehead atoms. The summed E-state index contributed by atoms with van der Waals surface area (Å²) in [6.45, 7) is 4.25. The Labute approximate surface area is 128 Å². The predicted molar refractivity (Wildman–Crippen MR) is 80.1 cm³/mol. The number of ether oxygens (including phenoxy) is 1. The van der Waals surface area contributed by atoms with Crippen molar-refractivity contribution in [3.05, 3.63) is 47.0 Å². The van der Waals surface area contributed by atoms with Crippen LogP contribution in [0.15, 0.2) is 24.5 Å². The Hall–Kier alpha value is -2.63. The van der Waals surface area contributed by atoms with E-state index in [4.69, 9.17) is 4.74 Å². The number of imidazole rings is 1. The van der Waals surface area contributed by atoms with Crippen LogP contribution in [0.5, 0.6) is 0 Å². The molecule has 0 spiro atoms. The van der Waals surface area contributed by atoms with Gasteiger partial charge in [0, 0.05) is 7.05 Å². The summed E-state index contributed by atoms with van der Waals surface area (Å²) in [4.78, 5) is 30.5. The minimum absolute atomic E-state index is 0.0633. The molecule has 0 atom stereocenters. The highest BCUT2D eigenvalue weighted by Crippen LogP contribution is 2.27. The predicted octanol–water partition coefficient (Wildman–Crippen LogP) is 1.94. The molecule has 2 aromatic rings. The first-order valence-electron chi connectivity index (χ1n) is 7.13. The van der Waals surface area contributed by atoms with Crippen LogP contribution in [0.1, 0.15) is 39.0 Å². The number of fused-ring (bicyclic) bond motifs is 3. The van der Waals surface area contributed by atoms with Crippen molar-refractivity contribution >= 4 is 11.9 Å². The van der Waals surface area contributed by atoms with Crippen LogP contribution < -0.4 is 0 Å². The van der Waals surface area contributed by atoms with Gasteiger partial charge in [0.1, 0.15) is 6.33 Å². The van der Waals surface area contributed by atoms with Gasteiger partial charge >= 0.3 is 5.97 Å². The van der Waals surface area contributed by atoms with Crippen molar-refractivity contribution in [2.75, 3.05) is 13.7 Å². The lowest BCUT2D eigenvalue weighted by molar-refractivity contribution is 0.0516. The summed E-state index contributed by atoms with van der Waals surface area (Å²) >= 11 is 0. The van der Waals surface area contributed by atoms with Gasteiger partial charge in [-0.15, -0.1) is 0 Å². The normalized spacial score (nSPS) is 13.4. The number of aryl methyl sites for hydroxylation is 1. The molecule has 1 amide bonds. The van der Waals surface area contributed by atoms with Crippen molar-refractivity contribution in [2.24, 2.45) is 0 Å². The van der Waals surface area contributed by atoms with E-state index < -0.39 is 5.97 Å². The van der Waals surface area contributed by atoms with E-state index in [1.807, 2.05) is 25.1 Å². The highest BCUT2D eigenvalue weighted by Gasteiger charge is 2.29. The molecule has 6 nitrogen and oxygen atoms in total. The summed E-state index contributed by atoms with van der Waals surface area (Å²) in [6, 6.07) is 5.65. The van der Waals surface area contributed by atoms with E-state index in [0.29, 0.717) is 17.8 Å². The van der Waals surface area contributed by atoms with Crippen LogP contribution in [0.2, 0.25) is 0 Å². The fourth-order valence-electron chi connectivity index (χ4n) is 2.72. The molecule has 0 radical (unpaired) electrons. The van der Waals surface area contributed by atoms with E-state index in [9.17, 15) is 9.59 Å². The summed E-state index contributed by atoms with van der Waals surface area (Å²) in [6.07, 6.45) is 1.58. The standard InChI is InChI=1S/C16H17N3O3/c1-4-22-16(21)14-12-8-18(3)15(20)13-10(2)6-5-7-11(13)19(12)9-17-14/h5-7,9H,4,8H2,1-3H3. The first-order chi connectivity index (χ1) is 10.5. The maximum Gasteiger partial charge on any atom is 0.358 e. The number of benzene rings is 1. The number of nitrogens with zero attached hydrogens (tertiary/aromatic N) is 3. The molecule has 1 aromatic heterocycles. The molecular formula is C16H17N3O3. The number of carbonyl (C=O) groups is 2. The van der Waals surface area contributed by atoms with Crippen LogP contribution in [0.4, 0.5) is 0 Å². The Balaban J connectivity index is 2.22. The molecular weight excluding hydrogens is 282 g/mol. The third-order valence-corrected chi connectivity index (χ3v) is 3.79. The Morgan fingerprint density at radius 2 is 2.18 bits per heavy atom. The van der Waals surface area contributed by atoms with Gasteiger partial charge in [-0.05, 0) is 25.5 Å². The smallest absolute Gasteiger partial charge is 0.358 e. The lowest BCUT2D eigenvalue weighted by Crippen LogP contribution is -2.26. The molecule has 1 aliphatic rings. The molecule has 114 valence electrons. The lowest BCUT2D eigenvalue weighted by Gasteiger charge is -2.15. The van der Waals surface area contributed by atoms with Gasteiger partial charge in [0.2, 0.25) is 0 Å². The zero-order valence-electron chi connectivity index (χ0n) is 12.8. The molecule has 22 heavy (non-hydrogen) atoms. The van der Waals surface area contributed by atoms with Gasteiger partial charge in [0.05, 0.1) is 30.1 Å². The van der Waals surface area contributed by atoms with Crippen molar-refractivity contribution < 1.29 is 14.3 Å². The highest BCUT2D eigenvalue weighted by atomic mass is 16.5. The summed E-state index contributed by atoms with van der Waals surface area (Å²) in [7, 11) is 1.72. The van der Waals surface area contributed by atoms with Gasteiger partial charge in [0.25, 0.3) is 5.91 Å². The van der Waals surface area contributed by atoms with E-state index in [1.54, 1.807) is 29.8 Å². The van der Waals surface area contributed by atoms with Crippen LogP contribution in [0, 0.1) is 6.92 Å². The van der Waals surface area contributed by atoms with Crippen molar-refractivity contribution in [3.8, 4) is 5.69 Å². The number of carbonyl (C=O) groups excluding carboxylic acids is 2. The van der Waals surface area contributed by atoms with Gasteiger partial charge in [0.15, 0.2) is 5.69 Å². The number of hydrogen-bond acceptors (Lipinski definition) is 4. The van der Waals surface area contributed by atoms with Crippen LogP contribution in [-0.4, -0.2) is 40.0 Å². The van der Waals surface area contributed by atoms with E-state index in [1.165, 1.54) is 0 Å². The third-order valence-electron chi connectivity index (χ3n) is 3.79. The van der Waals surface area contributed by atoms with Crippen molar-refractivity contribution in [2.45, 2.75) is 20.4 Å². The average Bonchev–Trinajstić information content (AvgIpc) is 2.85. The van der Waals surface area contributed by atoms with Crippen molar-refractivity contribution in [1.82, 2.24) is 14.5 Å². The number of aromatic nitrogens is 2. The number of esters is 1. The van der Waals surface area contributed by atoms with Gasteiger partial charge in [-0.25, -0.2) is 9.78 Å². The second-order valence-electron chi connectivity index (χ2n) is 5.26. The molecule has 0 saturated carbocycles. The molecule has 0 unspecified atom stereocenters. The molecule has 6 heteroatoms. The number of amides is 1. The monoisotopic (exact) mass is 299 g/mol. The summed E-state index contributed by atoms with van der Waals surface area (Å²) in [5.74, 6) is -0.528. The Morgan fingerprint density at radius 3 is 2.91 bits per heavy atom. The van der Waals surface area contributed by atoms with Crippen LogP contribution >= 0.6 is 0 Å². The molecule has 0 fully saturated rings. The maximum absolute atomic E-state index is 12.6. The van der Waals surface area contributed by atoms with Crippen molar-refractivity contribution in [3.63, 3.8) is 0 Å². The van der Waals surface area contributed by atoms with Gasteiger partial charge < -0.3 is 9.64 Å². The first-order valence-corrected chi connectivity index (χ1v) is 7.13. The third kappa shape index (κ3) is 2.07. The van der Waals surface area contributed by atoms with Crippen LogP contribution in [-0.2, 0) is 11.3 Å². The summed E-state index contributed by atoms with van der Waals surface area (Å²) < 4.78 is 6.85. The minimum Gasteiger partial charge on any atom is -0.461 e. The lowest BCUT2D eigenvalue weighted by atomic mass is 10.1. The molecule has 0 aliphatic carbocycles. The second-order valence-corrected chi connectivity index (χ2v) is 5.26. The summed E-state index contributed by atoms with van der Waals surface area (Å²) in [5, 5.41) is 0. The molecule has 1 aromatic carbocycles. The van der Waals surface area contributed by atoms with Gasteiger partial charge in [-0.1, -0.05) is 12.1 Å². The Morgan fingerprint density at radius 1 is 1.41 bits per heavy atom. The molecule has 0 saturated heterocycles. The van der Waals surface area contributed by atoms with Crippen molar-refractivity contribution in [1.29, 1.82) is 0 Å². The van der Waals surface area contributed by atoms with Gasteiger partial charge in [-0.3, -0.25) is 9.36 Å². The fraction of sp³-hybridized carbons (Fsp3) is 0.312. The van der Waals surface area contributed by atoms with Crippen LogP contribution in [0.3, 0.4) is 0 Å². The first kappa shape index (κ1) is 14.3. The van der Waals surface area contributed by atoms with E-state index in [0.717, 1.165) is 11.3 Å².